The number of methoxy groups -OCH3 is 2. The SMILES string of the molecule is COc1ccc(-c2nc(CN)c(C)o2)c(OC)c1. The van der Waals surface area contributed by atoms with E-state index in [4.69, 9.17) is 19.6 Å². The molecular weight excluding hydrogens is 232 g/mol. The lowest BCUT2D eigenvalue weighted by molar-refractivity contribution is 0.394. The summed E-state index contributed by atoms with van der Waals surface area (Å²) >= 11 is 0. The standard InChI is InChI=1S/C13H16N2O3/c1-8-11(7-14)15-13(18-8)10-5-4-9(16-2)6-12(10)17-3/h4-6H,7,14H2,1-3H3. The molecule has 0 saturated carbocycles. The molecule has 0 spiro atoms. The molecular formula is C13H16N2O3. The molecule has 0 fully saturated rings. The van der Waals surface area contributed by atoms with Crippen molar-refractivity contribution >= 4 is 0 Å². The summed E-state index contributed by atoms with van der Waals surface area (Å²) in [4.78, 5) is 4.35. The average molecular weight is 248 g/mol. The molecule has 0 aliphatic carbocycles. The van der Waals surface area contributed by atoms with Crippen molar-refractivity contribution in [2.24, 2.45) is 5.73 Å². The number of nitrogens with two attached hydrogens (primary N) is 1. The van der Waals surface area contributed by atoms with E-state index in [9.17, 15) is 0 Å². The second-order valence-corrected chi connectivity index (χ2v) is 3.79. The molecule has 1 aromatic heterocycles. The molecule has 2 aromatic rings. The summed E-state index contributed by atoms with van der Waals surface area (Å²) in [5.41, 5.74) is 7.12. The first-order valence-corrected chi connectivity index (χ1v) is 5.58. The lowest BCUT2D eigenvalue weighted by Gasteiger charge is -2.07. The number of nitrogens with zero attached hydrogens (tertiary/aromatic N) is 1. The molecule has 0 aliphatic heterocycles. The van der Waals surface area contributed by atoms with Gasteiger partial charge in [0.2, 0.25) is 5.89 Å². The van der Waals surface area contributed by atoms with E-state index in [1.165, 1.54) is 0 Å². The second kappa shape index (κ2) is 5.10. The number of oxazole rings is 1. The second-order valence-electron chi connectivity index (χ2n) is 3.79. The van der Waals surface area contributed by atoms with Gasteiger partial charge in [0.1, 0.15) is 17.3 Å². The van der Waals surface area contributed by atoms with Gasteiger partial charge < -0.3 is 19.6 Å². The van der Waals surface area contributed by atoms with Crippen LogP contribution in [0.25, 0.3) is 11.5 Å². The highest BCUT2D eigenvalue weighted by Gasteiger charge is 2.15. The van der Waals surface area contributed by atoms with E-state index >= 15 is 0 Å². The van der Waals surface area contributed by atoms with Crippen LogP contribution in [0, 0.1) is 6.92 Å². The Morgan fingerprint density at radius 3 is 2.61 bits per heavy atom. The third kappa shape index (κ3) is 2.17. The molecule has 2 N–H and O–H groups in total. The highest BCUT2D eigenvalue weighted by molar-refractivity contribution is 5.65. The monoisotopic (exact) mass is 248 g/mol. The van der Waals surface area contributed by atoms with Gasteiger partial charge in [-0.05, 0) is 19.1 Å². The zero-order valence-electron chi connectivity index (χ0n) is 10.7. The minimum atomic E-state index is 0.355. The van der Waals surface area contributed by atoms with Crippen LogP contribution in [0.1, 0.15) is 11.5 Å². The normalized spacial score (nSPS) is 10.4. The van der Waals surface area contributed by atoms with Crippen LogP contribution >= 0.6 is 0 Å². The Balaban J connectivity index is 2.48. The van der Waals surface area contributed by atoms with Crippen molar-refractivity contribution in [3.63, 3.8) is 0 Å². The number of hydrogen-bond donors (Lipinski definition) is 1. The quantitative estimate of drug-likeness (QED) is 0.897. The summed E-state index contributed by atoms with van der Waals surface area (Å²) in [6.45, 7) is 2.20. The molecule has 0 unspecified atom stereocenters. The van der Waals surface area contributed by atoms with E-state index in [0.717, 1.165) is 22.8 Å². The lowest BCUT2D eigenvalue weighted by atomic mass is 10.2. The smallest absolute Gasteiger partial charge is 0.230 e. The molecule has 18 heavy (non-hydrogen) atoms. The van der Waals surface area contributed by atoms with E-state index in [2.05, 4.69) is 4.98 Å². The van der Waals surface area contributed by atoms with Crippen LogP contribution in [-0.2, 0) is 6.54 Å². The van der Waals surface area contributed by atoms with Crippen LogP contribution in [0.4, 0.5) is 0 Å². The van der Waals surface area contributed by atoms with E-state index in [1.54, 1.807) is 20.3 Å². The number of rotatable bonds is 4. The Bertz CT molecular complexity index is 549. The summed E-state index contributed by atoms with van der Waals surface area (Å²) in [6, 6.07) is 5.47. The van der Waals surface area contributed by atoms with Crippen LogP contribution in [-0.4, -0.2) is 19.2 Å². The highest BCUT2D eigenvalue weighted by atomic mass is 16.5. The number of aromatic nitrogens is 1. The van der Waals surface area contributed by atoms with Gasteiger partial charge in [-0.25, -0.2) is 4.98 Å². The van der Waals surface area contributed by atoms with Gasteiger partial charge in [0, 0.05) is 12.6 Å². The van der Waals surface area contributed by atoms with E-state index in [1.807, 2.05) is 19.1 Å². The predicted octanol–water partition coefficient (Wildman–Crippen LogP) is 2.13. The number of hydrogen-bond acceptors (Lipinski definition) is 5. The molecule has 0 atom stereocenters. The summed E-state index contributed by atoms with van der Waals surface area (Å²) in [5.74, 6) is 2.61. The van der Waals surface area contributed by atoms with Crippen molar-refractivity contribution in [2.45, 2.75) is 13.5 Å². The fourth-order valence-electron chi connectivity index (χ4n) is 1.71. The number of aryl methyl sites for hydroxylation is 1. The van der Waals surface area contributed by atoms with Crippen LogP contribution in [0.2, 0.25) is 0 Å². The topological polar surface area (TPSA) is 70.5 Å². The van der Waals surface area contributed by atoms with Crippen LogP contribution in [0.15, 0.2) is 22.6 Å². The fourth-order valence-corrected chi connectivity index (χ4v) is 1.71. The Labute approximate surface area is 106 Å². The van der Waals surface area contributed by atoms with Crippen molar-refractivity contribution < 1.29 is 13.9 Å². The van der Waals surface area contributed by atoms with Gasteiger partial charge in [0.25, 0.3) is 0 Å². The van der Waals surface area contributed by atoms with E-state index < -0.39 is 0 Å². The molecule has 0 amide bonds. The largest absolute Gasteiger partial charge is 0.497 e. The molecule has 1 heterocycles. The van der Waals surface area contributed by atoms with Gasteiger partial charge in [-0.15, -0.1) is 0 Å². The fraction of sp³-hybridized carbons (Fsp3) is 0.308. The number of benzene rings is 1. The highest BCUT2D eigenvalue weighted by Crippen LogP contribution is 2.33. The van der Waals surface area contributed by atoms with Crippen molar-refractivity contribution in [3.8, 4) is 23.0 Å². The first-order valence-electron chi connectivity index (χ1n) is 5.58. The van der Waals surface area contributed by atoms with E-state index in [0.29, 0.717) is 18.2 Å². The van der Waals surface area contributed by atoms with E-state index in [-0.39, 0.29) is 0 Å². The molecule has 0 bridgehead atoms. The molecule has 0 radical (unpaired) electrons. The first kappa shape index (κ1) is 12.4. The van der Waals surface area contributed by atoms with Crippen molar-refractivity contribution in [3.05, 3.63) is 29.7 Å². The molecule has 2 rings (SSSR count). The van der Waals surface area contributed by atoms with Gasteiger partial charge in [-0.3, -0.25) is 0 Å². The summed E-state index contributed by atoms with van der Waals surface area (Å²) in [5, 5.41) is 0. The zero-order chi connectivity index (χ0) is 13.1. The minimum absolute atomic E-state index is 0.355. The van der Waals surface area contributed by atoms with Crippen molar-refractivity contribution in [1.29, 1.82) is 0 Å². The molecule has 1 aromatic carbocycles. The minimum Gasteiger partial charge on any atom is -0.497 e. The zero-order valence-corrected chi connectivity index (χ0v) is 10.7. The maximum Gasteiger partial charge on any atom is 0.230 e. The third-order valence-corrected chi connectivity index (χ3v) is 2.73. The Hall–Kier alpha value is -2.01. The molecule has 0 aliphatic rings. The maximum absolute atomic E-state index is 5.60. The average Bonchev–Trinajstić information content (AvgIpc) is 2.79. The number of ether oxygens (including phenoxy) is 2. The van der Waals surface area contributed by atoms with Gasteiger partial charge in [0.15, 0.2) is 0 Å². The summed E-state index contributed by atoms with van der Waals surface area (Å²) in [6.07, 6.45) is 0. The lowest BCUT2D eigenvalue weighted by Crippen LogP contribution is -1.98. The molecule has 5 nitrogen and oxygen atoms in total. The maximum atomic E-state index is 5.60. The van der Waals surface area contributed by atoms with Crippen molar-refractivity contribution in [1.82, 2.24) is 4.98 Å². The molecule has 5 heteroatoms. The Kier molecular flexibility index (Phi) is 3.53. The van der Waals surface area contributed by atoms with Gasteiger partial charge in [0.05, 0.1) is 25.5 Å². The Morgan fingerprint density at radius 1 is 1.28 bits per heavy atom. The van der Waals surface area contributed by atoms with Crippen LogP contribution in [0.5, 0.6) is 11.5 Å². The van der Waals surface area contributed by atoms with Crippen LogP contribution < -0.4 is 15.2 Å². The third-order valence-electron chi connectivity index (χ3n) is 2.73. The van der Waals surface area contributed by atoms with Gasteiger partial charge in [-0.2, -0.15) is 0 Å². The Morgan fingerprint density at radius 2 is 2.06 bits per heavy atom. The van der Waals surface area contributed by atoms with Crippen LogP contribution in [0.3, 0.4) is 0 Å². The predicted molar refractivity (Wildman–Crippen MR) is 67.7 cm³/mol. The van der Waals surface area contributed by atoms with Gasteiger partial charge >= 0.3 is 0 Å². The molecule has 0 saturated heterocycles. The van der Waals surface area contributed by atoms with Crippen molar-refractivity contribution in [2.75, 3.05) is 14.2 Å². The molecule has 96 valence electrons. The summed E-state index contributed by atoms with van der Waals surface area (Å²) in [7, 11) is 3.20. The first-order chi connectivity index (χ1) is 8.69. The van der Waals surface area contributed by atoms with Gasteiger partial charge in [-0.1, -0.05) is 0 Å². The summed E-state index contributed by atoms with van der Waals surface area (Å²) < 4.78 is 16.1.